The Kier molecular flexibility index (Phi) is 5.96. The van der Waals surface area contributed by atoms with Gasteiger partial charge in [0, 0.05) is 31.0 Å². The van der Waals surface area contributed by atoms with Crippen molar-refractivity contribution in [1.82, 2.24) is 25.3 Å². The molecule has 8 heteroatoms. The van der Waals surface area contributed by atoms with Gasteiger partial charge in [-0.1, -0.05) is 23.1 Å². The van der Waals surface area contributed by atoms with Crippen LogP contribution in [0.15, 0.2) is 4.34 Å². The molecule has 120 valence electrons. The van der Waals surface area contributed by atoms with E-state index in [2.05, 4.69) is 27.5 Å². The van der Waals surface area contributed by atoms with Gasteiger partial charge in [-0.2, -0.15) is 5.10 Å². The Labute approximate surface area is 138 Å². The molecule has 0 aliphatic carbocycles. The Balaban J connectivity index is 1.66. The van der Waals surface area contributed by atoms with Crippen LogP contribution in [-0.2, 0) is 11.3 Å². The lowest BCUT2D eigenvalue weighted by molar-refractivity contribution is -0.121. The standard InChI is InChI=1S/C14H21N5OS2/c1-9-10(2)18-19(11(9)3)7-5-13(20)15-6-8-21-14-17-16-12(4)22-14/h5-8H2,1-4H3,(H,15,20). The summed E-state index contributed by atoms with van der Waals surface area (Å²) in [6.45, 7) is 9.28. The molecule has 1 amide bonds. The molecule has 1 N–H and O–H groups in total. The minimum Gasteiger partial charge on any atom is -0.355 e. The van der Waals surface area contributed by atoms with E-state index in [1.807, 2.05) is 25.5 Å². The highest BCUT2D eigenvalue weighted by molar-refractivity contribution is 8.01. The van der Waals surface area contributed by atoms with E-state index in [0.717, 1.165) is 26.5 Å². The maximum absolute atomic E-state index is 11.8. The quantitative estimate of drug-likeness (QED) is 0.619. The summed E-state index contributed by atoms with van der Waals surface area (Å²) in [5.74, 6) is 0.860. The summed E-state index contributed by atoms with van der Waals surface area (Å²) in [5, 5.41) is 16.3. The molecule has 0 atom stereocenters. The summed E-state index contributed by atoms with van der Waals surface area (Å²) >= 11 is 3.19. The van der Waals surface area contributed by atoms with E-state index in [1.54, 1.807) is 23.1 Å². The van der Waals surface area contributed by atoms with Gasteiger partial charge in [0.1, 0.15) is 5.01 Å². The van der Waals surface area contributed by atoms with Gasteiger partial charge in [0.15, 0.2) is 4.34 Å². The number of nitrogens with one attached hydrogen (secondary N) is 1. The van der Waals surface area contributed by atoms with Gasteiger partial charge in [-0.05, 0) is 33.3 Å². The summed E-state index contributed by atoms with van der Waals surface area (Å²) < 4.78 is 2.85. The van der Waals surface area contributed by atoms with E-state index in [0.29, 0.717) is 19.5 Å². The fourth-order valence-electron chi connectivity index (χ4n) is 1.97. The molecule has 0 aliphatic rings. The third-order valence-corrected chi connectivity index (χ3v) is 5.42. The normalized spacial score (nSPS) is 10.9. The van der Waals surface area contributed by atoms with Crippen LogP contribution in [0.25, 0.3) is 0 Å². The van der Waals surface area contributed by atoms with Crippen LogP contribution in [-0.4, -0.2) is 38.2 Å². The van der Waals surface area contributed by atoms with Crippen molar-refractivity contribution in [1.29, 1.82) is 0 Å². The topological polar surface area (TPSA) is 72.7 Å². The summed E-state index contributed by atoms with van der Waals surface area (Å²) in [4.78, 5) is 11.8. The Morgan fingerprint density at radius 2 is 2.05 bits per heavy atom. The number of carbonyl (C=O) groups is 1. The summed E-state index contributed by atoms with van der Waals surface area (Å²) in [6.07, 6.45) is 0.448. The number of hydrogen-bond donors (Lipinski definition) is 1. The number of rotatable bonds is 7. The smallest absolute Gasteiger partial charge is 0.221 e. The highest BCUT2D eigenvalue weighted by atomic mass is 32.2. The molecule has 2 aromatic rings. The number of hydrogen-bond acceptors (Lipinski definition) is 6. The van der Waals surface area contributed by atoms with Crippen LogP contribution >= 0.6 is 23.1 Å². The van der Waals surface area contributed by atoms with Crippen LogP contribution in [0.1, 0.15) is 28.4 Å². The number of amides is 1. The molecule has 0 radical (unpaired) electrons. The molecule has 0 saturated carbocycles. The van der Waals surface area contributed by atoms with Crippen molar-refractivity contribution in [3.8, 4) is 0 Å². The largest absolute Gasteiger partial charge is 0.355 e. The molecule has 0 unspecified atom stereocenters. The van der Waals surface area contributed by atoms with Gasteiger partial charge in [-0.15, -0.1) is 10.2 Å². The van der Waals surface area contributed by atoms with E-state index < -0.39 is 0 Å². The molecule has 22 heavy (non-hydrogen) atoms. The summed E-state index contributed by atoms with van der Waals surface area (Å²) in [7, 11) is 0. The highest BCUT2D eigenvalue weighted by Crippen LogP contribution is 2.20. The molecule has 0 bridgehead atoms. The Morgan fingerprint density at radius 1 is 1.27 bits per heavy atom. The first-order chi connectivity index (χ1) is 10.5. The third-order valence-electron chi connectivity index (χ3n) is 3.45. The van der Waals surface area contributed by atoms with Crippen molar-refractivity contribution in [3.05, 3.63) is 22.0 Å². The van der Waals surface area contributed by atoms with Crippen LogP contribution in [0, 0.1) is 27.7 Å². The second kappa shape index (κ2) is 7.73. The predicted molar refractivity (Wildman–Crippen MR) is 89.4 cm³/mol. The average molecular weight is 339 g/mol. The van der Waals surface area contributed by atoms with Crippen LogP contribution in [0.3, 0.4) is 0 Å². The van der Waals surface area contributed by atoms with E-state index in [1.165, 1.54) is 5.56 Å². The zero-order chi connectivity index (χ0) is 16.1. The lowest BCUT2D eigenvalue weighted by Gasteiger charge is -2.06. The Hall–Kier alpha value is -1.41. The molecule has 0 aromatic carbocycles. The molecule has 0 saturated heterocycles. The molecule has 0 spiro atoms. The minimum atomic E-state index is 0.0549. The van der Waals surface area contributed by atoms with E-state index in [9.17, 15) is 4.79 Å². The van der Waals surface area contributed by atoms with Gasteiger partial charge in [0.25, 0.3) is 0 Å². The molecule has 2 rings (SSSR count). The summed E-state index contributed by atoms with van der Waals surface area (Å²) in [5.41, 5.74) is 3.36. The van der Waals surface area contributed by atoms with Crippen LogP contribution in [0.2, 0.25) is 0 Å². The first-order valence-electron chi connectivity index (χ1n) is 7.17. The average Bonchev–Trinajstić information content (AvgIpc) is 3.00. The Morgan fingerprint density at radius 3 is 2.64 bits per heavy atom. The van der Waals surface area contributed by atoms with Gasteiger partial charge < -0.3 is 5.32 Å². The molecule has 2 aromatic heterocycles. The SMILES string of the molecule is Cc1nnc(SCCNC(=O)CCn2nc(C)c(C)c2C)s1. The summed E-state index contributed by atoms with van der Waals surface area (Å²) in [6, 6.07) is 0. The second-order valence-electron chi connectivity index (χ2n) is 5.05. The monoisotopic (exact) mass is 339 g/mol. The van der Waals surface area contributed by atoms with Crippen molar-refractivity contribution >= 4 is 29.0 Å². The van der Waals surface area contributed by atoms with Crippen LogP contribution < -0.4 is 5.32 Å². The number of aryl methyl sites for hydroxylation is 3. The molecular formula is C14H21N5OS2. The van der Waals surface area contributed by atoms with Crippen molar-refractivity contribution in [2.24, 2.45) is 0 Å². The number of thioether (sulfide) groups is 1. The van der Waals surface area contributed by atoms with Crippen LogP contribution in [0.4, 0.5) is 0 Å². The van der Waals surface area contributed by atoms with Gasteiger partial charge in [0.05, 0.1) is 5.69 Å². The van der Waals surface area contributed by atoms with E-state index in [-0.39, 0.29) is 5.91 Å². The molecule has 2 heterocycles. The molecule has 0 aliphatic heterocycles. The van der Waals surface area contributed by atoms with E-state index in [4.69, 9.17) is 0 Å². The van der Waals surface area contributed by atoms with Gasteiger partial charge in [0.2, 0.25) is 5.91 Å². The number of carbonyl (C=O) groups excluding carboxylic acids is 1. The van der Waals surface area contributed by atoms with Crippen molar-refractivity contribution in [2.45, 2.75) is 45.0 Å². The number of aromatic nitrogens is 4. The van der Waals surface area contributed by atoms with Crippen molar-refractivity contribution in [3.63, 3.8) is 0 Å². The zero-order valence-corrected chi connectivity index (χ0v) is 15.0. The minimum absolute atomic E-state index is 0.0549. The predicted octanol–water partition coefficient (Wildman–Crippen LogP) is 2.27. The first-order valence-corrected chi connectivity index (χ1v) is 8.98. The fourth-order valence-corrected chi connectivity index (χ4v) is 3.71. The highest BCUT2D eigenvalue weighted by Gasteiger charge is 2.09. The maximum Gasteiger partial charge on any atom is 0.221 e. The molecule has 6 nitrogen and oxygen atoms in total. The fraction of sp³-hybridized carbons (Fsp3) is 0.571. The van der Waals surface area contributed by atoms with Crippen molar-refractivity contribution < 1.29 is 4.79 Å². The van der Waals surface area contributed by atoms with Gasteiger partial charge >= 0.3 is 0 Å². The van der Waals surface area contributed by atoms with Gasteiger partial charge in [-0.3, -0.25) is 9.48 Å². The molecule has 0 fully saturated rings. The zero-order valence-electron chi connectivity index (χ0n) is 13.3. The molecular weight excluding hydrogens is 318 g/mol. The third kappa shape index (κ3) is 4.54. The lowest BCUT2D eigenvalue weighted by Crippen LogP contribution is -2.26. The Bertz CT molecular complexity index is 650. The number of nitrogens with zero attached hydrogens (tertiary/aromatic N) is 4. The van der Waals surface area contributed by atoms with E-state index >= 15 is 0 Å². The van der Waals surface area contributed by atoms with Gasteiger partial charge in [-0.25, -0.2) is 0 Å². The maximum atomic E-state index is 11.8. The second-order valence-corrected chi connectivity index (χ2v) is 7.58. The lowest BCUT2D eigenvalue weighted by atomic mass is 10.2. The van der Waals surface area contributed by atoms with Crippen LogP contribution in [0.5, 0.6) is 0 Å². The van der Waals surface area contributed by atoms with Crippen molar-refractivity contribution in [2.75, 3.05) is 12.3 Å². The first kappa shape index (κ1) is 17.0.